The molecular weight excluding hydrogens is 172 g/mol. The minimum absolute atomic E-state index is 0.717. The van der Waals surface area contributed by atoms with E-state index in [1.165, 1.54) is 16.3 Å². The van der Waals surface area contributed by atoms with Crippen LogP contribution in [0.1, 0.15) is 12.5 Å². The first-order valence-electron chi connectivity index (χ1n) is 4.94. The second kappa shape index (κ2) is 3.70. The van der Waals surface area contributed by atoms with E-state index < -0.39 is 0 Å². The summed E-state index contributed by atoms with van der Waals surface area (Å²) in [6, 6.07) is 12.5. The molecular formula is C13H14O. The molecule has 2 aromatic rings. The molecule has 0 fully saturated rings. The van der Waals surface area contributed by atoms with Gasteiger partial charge in [-0.1, -0.05) is 36.4 Å². The molecule has 0 bridgehead atoms. The lowest BCUT2D eigenvalue weighted by molar-refractivity contribution is 0.342. The normalized spacial score (nSPS) is 10.4. The largest absolute Gasteiger partial charge is 0.493 e. The fourth-order valence-electron chi connectivity index (χ4n) is 1.69. The Balaban J connectivity index is 2.69. The lowest BCUT2D eigenvalue weighted by Crippen LogP contribution is -1.94. The lowest BCUT2D eigenvalue weighted by atomic mass is 10.1. The van der Waals surface area contributed by atoms with Gasteiger partial charge in [-0.25, -0.2) is 0 Å². The van der Waals surface area contributed by atoms with E-state index in [2.05, 4.69) is 31.2 Å². The highest BCUT2D eigenvalue weighted by atomic mass is 16.5. The summed E-state index contributed by atoms with van der Waals surface area (Å²) in [5.41, 5.74) is 1.20. The number of hydrogen-bond donors (Lipinski definition) is 0. The van der Waals surface area contributed by atoms with Crippen LogP contribution in [-0.4, -0.2) is 6.61 Å². The molecule has 0 atom stereocenters. The zero-order chi connectivity index (χ0) is 9.97. The van der Waals surface area contributed by atoms with E-state index in [1.807, 2.05) is 19.1 Å². The van der Waals surface area contributed by atoms with Crippen molar-refractivity contribution in [1.82, 2.24) is 0 Å². The smallest absolute Gasteiger partial charge is 0.129 e. The van der Waals surface area contributed by atoms with Crippen LogP contribution in [0.3, 0.4) is 0 Å². The number of ether oxygens (including phenoxy) is 1. The minimum atomic E-state index is 0.717. The Morgan fingerprint density at radius 2 is 1.86 bits per heavy atom. The number of rotatable bonds is 2. The van der Waals surface area contributed by atoms with Crippen LogP contribution in [0.5, 0.6) is 5.75 Å². The maximum Gasteiger partial charge on any atom is 0.129 e. The van der Waals surface area contributed by atoms with Crippen LogP contribution in [0.4, 0.5) is 0 Å². The number of aryl methyl sites for hydroxylation is 1. The third-order valence-corrected chi connectivity index (χ3v) is 2.37. The average molecular weight is 186 g/mol. The van der Waals surface area contributed by atoms with Crippen LogP contribution in [0, 0.1) is 6.92 Å². The maximum atomic E-state index is 5.65. The van der Waals surface area contributed by atoms with Gasteiger partial charge < -0.3 is 4.74 Å². The summed E-state index contributed by atoms with van der Waals surface area (Å²) < 4.78 is 5.65. The SMILES string of the molecule is CCOc1c(C)ccc2ccccc12. The molecule has 2 aromatic carbocycles. The van der Waals surface area contributed by atoms with Crippen molar-refractivity contribution >= 4 is 10.8 Å². The van der Waals surface area contributed by atoms with E-state index in [0.717, 1.165) is 12.4 Å². The van der Waals surface area contributed by atoms with Gasteiger partial charge in [0.25, 0.3) is 0 Å². The van der Waals surface area contributed by atoms with Gasteiger partial charge in [0.2, 0.25) is 0 Å². The van der Waals surface area contributed by atoms with Crippen molar-refractivity contribution in [3.05, 3.63) is 42.0 Å². The summed E-state index contributed by atoms with van der Waals surface area (Å²) >= 11 is 0. The molecule has 0 amide bonds. The summed E-state index contributed by atoms with van der Waals surface area (Å²) in [5, 5.41) is 2.44. The third-order valence-electron chi connectivity index (χ3n) is 2.37. The number of hydrogen-bond acceptors (Lipinski definition) is 1. The molecule has 0 saturated carbocycles. The maximum absolute atomic E-state index is 5.65. The quantitative estimate of drug-likeness (QED) is 0.697. The Bertz CT molecular complexity index is 446. The molecule has 0 N–H and O–H groups in total. The summed E-state index contributed by atoms with van der Waals surface area (Å²) in [6.07, 6.45) is 0. The molecule has 0 aromatic heterocycles. The molecule has 14 heavy (non-hydrogen) atoms. The van der Waals surface area contributed by atoms with Gasteiger partial charge in [0.05, 0.1) is 6.61 Å². The summed E-state index contributed by atoms with van der Waals surface area (Å²) in [5.74, 6) is 1.02. The second-order valence-electron chi connectivity index (χ2n) is 3.37. The van der Waals surface area contributed by atoms with Crippen LogP contribution in [0.2, 0.25) is 0 Å². The van der Waals surface area contributed by atoms with Crippen molar-refractivity contribution in [3.63, 3.8) is 0 Å². The fraction of sp³-hybridized carbons (Fsp3) is 0.231. The van der Waals surface area contributed by atoms with Gasteiger partial charge in [0.15, 0.2) is 0 Å². The zero-order valence-electron chi connectivity index (χ0n) is 8.58. The molecule has 0 aliphatic heterocycles. The molecule has 0 aliphatic carbocycles. The fourth-order valence-corrected chi connectivity index (χ4v) is 1.69. The summed E-state index contributed by atoms with van der Waals surface area (Å²) in [6.45, 7) is 4.81. The molecule has 2 rings (SSSR count). The number of fused-ring (bicyclic) bond motifs is 1. The highest BCUT2D eigenvalue weighted by molar-refractivity contribution is 5.89. The molecule has 0 aliphatic rings. The van der Waals surface area contributed by atoms with Gasteiger partial charge in [-0.2, -0.15) is 0 Å². The molecule has 0 spiro atoms. The highest BCUT2D eigenvalue weighted by Gasteiger charge is 2.03. The first-order chi connectivity index (χ1) is 6.83. The predicted octanol–water partition coefficient (Wildman–Crippen LogP) is 3.55. The average Bonchev–Trinajstić information content (AvgIpc) is 2.23. The monoisotopic (exact) mass is 186 g/mol. The van der Waals surface area contributed by atoms with Gasteiger partial charge in [-0.15, -0.1) is 0 Å². The van der Waals surface area contributed by atoms with E-state index in [-0.39, 0.29) is 0 Å². The van der Waals surface area contributed by atoms with Crippen molar-refractivity contribution in [3.8, 4) is 5.75 Å². The van der Waals surface area contributed by atoms with Crippen molar-refractivity contribution in [2.75, 3.05) is 6.61 Å². The van der Waals surface area contributed by atoms with Gasteiger partial charge >= 0.3 is 0 Å². The Labute approximate surface area is 84.3 Å². The van der Waals surface area contributed by atoms with E-state index in [4.69, 9.17) is 4.74 Å². The standard InChI is InChI=1S/C13H14O/c1-3-14-13-10(2)8-9-11-6-4-5-7-12(11)13/h4-9H,3H2,1-2H3. The molecule has 0 heterocycles. The van der Waals surface area contributed by atoms with Crippen LogP contribution < -0.4 is 4.74 Å². The van der Waals surface area contributed by atoms with Crippen molar-refractivity contribution in [2.45, 2.75) is 13.8 Å². The second-order valence-corrected chi connectivity index (χ2v) is 3.37. The molecule has 72 valence electrons. The van der Waals surface area contributed by atoms with Crippen molar-refractivity contribution < 1.29 is 4.74 Å². The Kier molecular flexibility index (Phi) is 2.40. The number of benzene rings is 2. The summed E-state index contributed by atoms with van der Waals surface area (Å²) in [7, 11) is 0. The van der Waals surface area contributed by atoms with Crippen LogP contribution in [0.25, 0.3) is 10.8 Å². The van der Waals surface area contributed by atoms with Gasteiger partial charge in [0, 0.05) is 5.39 Å². The van der Waals surface area contributed by atoms with Crippen LogP contribution in [0.15, 0.2) is 36.4 Å². The first kappa shape index (κ1) is 9.07. The van der Waals surface area contributed by atoms with E-state index >= 15 is 0 Å². The van der Waals surface area contributed by atoms with Crippen molar-refractivity contribution in [1.29, 1.82) is 0 Å². The van der Waals surface area contributed by atoms with Crippen LogP contribution in [-0.2, 0) is 0 Å². The lowest BCUT2D eigenvalue weighted by Gasteiger charge is -2.10. The highest BCUT2D eigenvalue weighted by Crippen LogP contribution is 2.28. The van der Waals surface area contributed by atoms with E-state index in [9.17, 15) is 0 Å². The van der Waals surface area contributed by atoms with Crippen molar-refractivity contribution in [2.24, 2.45) is 0 Å². The van der Waals surface area contributed by atoms with E-state index in [1.54, 1.807) is 0 Å². The van der Waals surface area contributed by atoms with Gasteiger partial charge in [0.1, 0.15) is 5.75 Å². The first-order valence-corrected chi connectivity index (χ1v) is 4.94. The van der Waals surface area contributed by atoms with Gasteiger partial charge in [-0.3, -0.25) is 0 Å². The molecule has 0 radical (unpaired) electrons. The van der Waals surface area contributed by atoms with E-state index in [0.29, 0.717) is 0 Å². The molecule has 0 saturated heterocycles. The molecule has 1 heteroatoms. The zero-order valence-corrected chi connectivity index (χ0v) is 8.58. The van der Waals surface area contributed by atoms with Gasteiger partial charge in [-0.05, 0) is 24.8 Å². The predicted molar refractivity (Wildman–Crippen MR) is 59.9 cm³/mol. The summed E-state index contributed by atoms with van der Waals surface area (Å²) in [4.78, 5) is 0. The minimum Gasteiger partial charge on any atom is -0.493 e. The third kappa shape index (κ3) is 1.46. The Morgan fingerprint density at radius 1 is 1.07 bits per heavy atom. The molecule has 0 unspecified atom stereocenters. The van der Waals surface area contributed by atoms with Crippen LogP contribution >= 0.6 is 0 Å². The topological polar surface area (TPSA) is 9.23 Å². The molecule has 1 nitrogen and oxygen atoms in total. The Morgan fingerprint density at radius 3 is 2.64 bits per heavy atom. The Hall–Kier alpha value is -1.50.